The van der Waals surface area contributed by atoms with Crippen molar-refractivity contribution in [3.05, 3.63) is 29.8 Å². The molecule has 148 valence electrons. The quantitative estimate of drug-likeness (QED) is 0.826. The summed E-state index contributed by atoms with van der Waals surface area (Å²) in [6.07, 6.45) is 3.67. The normalized spacial score (nSPS) is 21.9. The van der Waals surface area contributed by atoms with E-state index in [4.69, 9.17) is 0 Å². The maximum Gasteiger partial charge on any atom is 0.253 e. The Hall–Kier alpha value is -2.09. The van der Waals surface area contributed by atoms with E-state index in [-0.39, 0.29) is 23.6 Å². The molecule has 0 radical (unpaired) electrons. The van der Waals surface area contributed by atoms with Crippen molar-refractivity contribution in [3.63, 3.8) is 0 Å². The maximum absolute atomic E-state index is 12.8. The summed E-state index contributed by atoms with van der Waals surface area (Å²) in [6, 6.07) is 6.76. The van der Waals surface area contributed by atoms with Crippen LogP contribution in [0.1, 0.15) is 49.4 Å². The summed E-state index contributed by atoms with van der Waals surface area (Å²) < 4.78 is 25.4. The van der Waals surface area contributed by atoms with Gasteiger partial charge in [-0.15, -0.1) is 0 Å². The molecule has 27 heavy (non-hydrogen) atoms. The number of rotatable bonds is 5. The van der Waals surface area contributed by atoms with Crippen molar-refractivity contribution in [2.45, 2.75) is 45.1 Å². The van der Waals surface area contributed by atoms with Gasteiger partial charge in [0.25, 0.3) is 5.91 Å². The number of nitrogens with zero attached hydrogens (tertiary/aromatic N) is 2. The third-order valence-electron chi connectivity index (χ3n) is 5.05. The number of carbonyl (C=O) groups is 2. The number of hydrogen-bond donors (Lipinski definition) is 1. The first-order valence-electron chi connectivity index (χ1n) is 9.60. The van der Waals surface area contributed by atoms with Crippen LogP contribution in [0.3, 0.4) is 0 Å². The summed E-state index contributed by atoms with van der Waals surface area (Å²) in [7, 11) is -3.22. The number of sulfonamides is 1. The molecule has 1 atom stereocenters. The highest BCUT2D eigenvalue weighted by molar-refractivity contribution is 7.93. The Morgan fingerprint density at radius 2 is 1.89 bits per heavy atom. The highest BCUT2D eigenvalue weighted by Crippen LogP contribution is 2.25. The number of nitrogens with one attached hydrogen (secondary N) is 1. The van der Waals surface area contributed by atoms with Gasteiger partial charge in [-0.25, -0.2) is 8.42 Å². The average Bonchev–Trinajstić information content (AvgIpc) is 3.01. The van der Waals surface area contributed by atoms with Gasteiger partial charge in [-0.1, -0.05) is 6.92 Å². The van der Waals surface area contributed by atoms with Crippen LogP contribution in [0.15, 0.2) is 24.3 Å². The molecule has 2 aliphatic heterocycles. The molecule has 2 heterocycles. The van der Waals surface area contributed by atoms with E-state index in [2.05, 4.69) is 5.32 Å². The summed E-state index contributed by atoms with van der Waals surface area (Å²) in [6.45, 7) is 3.63. The van der Waals surface area contributed by atoms with Crippen LogP contribution < -0.4 is 9.62 Å². The van der Waals surface area contributed by atoms with Crippen molar-refractivity contribution < 1.29 is 18.0 Å². The fraction of sp³-hybridized carbons (Fsp3) is 0.579. The van der Waals surface area contributed by atoms with Crippen molar-refractivity contribution in [1.82, 2.24) is 10.2 Å². The van der Waals surface area contributed by atoms with Gasteiger partial charge in [-0.2, -0.15) is 0 Å². The van der Waals surface area contributed by atoms with E-state index >= 15 is 0 Å². The van der Waals surface area contributed by atoms with Crippen LogP contribution in [0.25, 0.3) is 0 Å². The second kappa shape index (κ2) is 8.29. The Balaban J connectivity index is 1.64. The maximum atomic E-state index is 12.8. The summed E-state index contributed by atoms with van der Waals surface area (Å²) in [4.78, 5) is 26.4. The highest BCUT2D eigenvalue weighted by atomic mass is 32.2. The first kappa shape index (κ1) is 19.7. The molecule has 8 heteroatoms. The second-order valence-electron chi connectivity index (χ2n) is 7.20. The molecule has 2 fully saturated rings. The molecule has 3 rings (SSSR count). The van der Waals surface area contributed by atoms with Gasteiger partial charge in [-0.05, 0) is 49.9 Å². The highest BCUT2D eigenvalue weighted by Gasteiger charge is 2.29. The number of anilines is 1. The fourth-order valence-electron chi connectivity index (χ4n) is 3.69. The molecule has 0 saturated carbocycles. The Morgan fingerprint density at radius 1 is 1.15 bits per heavy atom. The van der Waals surface area contributed by atoms with E-state index in [0.717, 1.165) is 19.3 Å². The van der Waals surface area contributed by atoms with Crippen molar-refractivity contribution >= 4 is 27.5 Å². The zero-order valence-corrected chi connectivity index (χ0v) is 16.5. The summed E-state index contributed by atoms with van der Waals surface area (Å²) in [5, 5.41) is 3.01. The minimum Gasteiger partial charge on any atom is -0.352 e. The Kier molecular flexibility index (Phi) is 6.04. The summed E-state index contributed by atoms with van der Waals surface area (Å²) in [5.74, 6) is 0.125. The van der Waals surface area contributed by atoms with Crippen molar-refractivity contribution in [2.24, 2.45) is 0 Å². The van der Waals surface area contributed by atoms with E-state index in [0.29, 0.717) is 43.7 Å². The lowest BCUT2D eigenvalue weighted by molar-refractivity contribution is -0.122. The lowest BCUT2D eigenvalue weighted by atomic mass is 10.0. The van der Waals surface area contributed by atoms with E-state index in [1.54, 1.807) is 29.2 Å². The first-order valence-corrected chi connectivity index (χ1v) is 11.2. The Bertz CT molecular complexity index is 792. The Morgan fingerprint density at radius 3 is 2.52 bits per heavy atom. The molecule has 0 aliphatic carbocycles. The van der Waals surface area contributed by atoms with Gasteiger partial charge in [-0.3, -0.25) is 13.9 Å². The molecule has 0 aromatic heterocycles. The molecule has 7 nitrogen and oxygen atoms in total. The van der Waals surface area contributed by atoms with Crippen LogP contribution in [0.5, 0.6) is 0 Å². The largest absolute Gasteiger partial charge is 0.352 e. The predicted octanol–water partition coefficient (Wildman–Crippen LogP) is 1.75. The Labute approximate surface area is 160 Å². The third kappa shape index (κ3) is 4.61. The van der Waals surface area contributed by atoms with Gasteiger partial charge in [0.1, 0.15) is 0 Å². The molecule has 2 amide bonds. The first-order chi connectivity index (χ1) is 12.9. The van der Waals surface area contributed by atoms with Crippen LogP contribution in [0.2, 0.25) is 0 Å². The molecular formula is C19H27N3O4S. The molecule has 1 aromatic rings. The van der Waals surface area contributed by atoms with Gasteiger partial charge >= 0.3 is 0 Å². The van der Waals surface area contributed by atoms with Gasteiger partial charge in [0.05, 0.1) is 11.4 Å². The summed E-state index contributed by atoms with van der Waals surface area (Å²) >= 11 is 0. The second-order valence-corrected chi connectivity index (χ2v) is 9.21. The van der Waals surface area contributed by atoms with Crippen LogP contribution in [-0.4, -0.2) is 56.6 Å². The predicted molar refractivity (Wildman–Crippen MR) is 104 cm³/mol. The molecule has 2 saturated heterocycles. The number of benzene rings is 1. The lowest BCUT2D eigenvalue weighted by Gasteiger charge is -2.33. The average molecular weight is 394 g/mol. The van der Waals surface area contributed by atoms with Crippen molar-refractivity contribution in [1.29, 1.82) is 0 Å². The number of piperidine rings is 1. The van der Waals surface area contributed by atoms with Crippen LogP contribution in [0, 0.1) is 0 Å². The topological polar surface area (TPSA) is 86.8 Å². The minimum absolute atomic E-state index is 0.00392. The molecule has 2 aliphatic rings. The SMILES string of the molecule is CCCC(=O)NC1CCCN(C(=O)c2ccc(N3CCCS3(=O)=O)cc2)C1. The zero-order chi connectivity index (χ0) is 19.4. The molecule has 1 unspecified atom stereocenters. The van der Waals surface area contributed by atoms with Crippen LogP contribution in [0.4, 0.5) is 5.69 Å². The molecule has 0 spiro atoms. The number of hydrogen-bond acceptors (Lipinski definition) is 4. The van der Waals surface area contributed by atoms with Crippen LogP contribution in [-0.2, 0) is 14.8 Å². The molecule has 1 N–H and O–H groups in total. The number of amides is 2. The van der Waals surface area contributed by atoms with Gasteiger partial charge < -0.3 is 10.2 Å². The van der Waals surface area contributed by atoms with E-state index < -0.39 is 10.0 Å². The monoisotopic (exact) mass is 393 g/mol. The standard InChI is InChI=1S/C19H27N3O4S/c1-2-5-18(23)20-16-6-3-11-21(14-16)19(24)15-7-9-17(10-8-15)22-12-4-13-27(22,25)26/h7-10,16H,2-6,11-14H2,1H3,(H,20,23). The van der Waals surface area contributed by atoms with E-state index in [1.165, 1.54) is 4.31 Å². The minimum atomic E-state index is -3.22. The number of carbonyl (C=O) groups excluding carboxylic acids is 2. The van der Waals surface area contributed by atoms with Gasteiger partial charge in [0.15, 0.2) is 0 Å². The zero-order valence-electron chi connectivity index (χ0n) is 15.7. The van der Waals surface area contributed by atoms with Crippen molar-refractivity contribution in [2.75, 3.05) is 29.7 Å². The van der Waals surface area contributed by atoms with Crippen molar-refractivity contribution in [3.8, 4) is 0 Å². The van der Waals surface area contributed by atoms with E-state index in [1.807, 2.05) is 6.92 Å². The molecule has 0 bridgehead atoms. The smallest absolute Gasteiger partial charge is 0.253 e. The lowest BCUT2D eigenvalue weighted by Crippen LogP contribution is -2.49. The third-order valence-corrected chi connectivity index (χ3v) is 6.92. The fourth-order valence-corrected chi connectivity index (χ4v) is 5.25. The van der Waals surface area contributed by atoms with Gasteiger partial charge in [0.2, 0.25) is 15.9 Å². The number of likely N-dealkylation sites (tertiary alicyclic amines) is 1. The van der Waals surface area contributed by atoms with Crippen LogP contribution >= 0.6 is 0 Å². The summed E-state index contributed by atoms with van der Waals surface area (Å²) in [5.41, 5.74) is 1.14. The molecule has 1 aromatic carbocycles. The molecular weight excluding hydrogens is 366 g/mol. The van der Waals surface area contributed by atoms with Gasteiger partial charge in [0, 0.05) is 37.7 Å². The van der Waals surface area contributed by atoms with E-state index in [9.17, 15) is 18.0 Å².